The smallest absolute Gasteiger partial charge is 0.354 e. The van der Waals surface area contributed by atoms with E-state index in [4.69, 9.17) is 9.84 Å². The molecule has 0 fully saturated rings. The number of amides is 12. The summed E-state index contributed by atoms with van der Waals surface area (Å²) in [7, 11) is 2.96. The first-order valence-corrected chi connectivity index (χ1v) is 37.3. The zero-order valence-corrected chi connectivity index (χ0v) is 66.6. The van der Waals surface area contributed by atoms with Gasteiger partial charge < -0.3 is 83.3 Å². The molecule has 12 amide bonds. The van der Waals surface area contributed by atoms with Crippen LogP contribution in [0.1, 0.15) is 100 Å². The van der Waals surface area contributed by atoms with E-state index < -0.39 is 71.5 Å². The molecule has 0 bridgehead atoms. The van der Waals surface area contributed by atoms with Gasteiger partial charge in [0.05, 0.1) is 111 Å². The summed E-state index contributed by atoms with van der Waals surface area (Å²) < 4.78 is 19.6. The number of para-hydroxylation sites is 3. The van der Waals surface area contributed by atoms with Crippen molar-refractivity contribution in [2.24, 2.45) is 7.05 Å². The van der Waals surface area contributed by atoms with Crippen LogP contribution >= 0.6 is 0 Å². The van der Waals surface area contributed by atoms with Crippen LogP contribution in [0.2, 0.25) is 0 Å². The Balaban J connectivity index is 0.000000186. The van der Waals surface area contributed by atoms with Crippen molar-refractivity contribution in [2.45, 2.75) is 27.7 Å². The fraction of sp³-hybridized carbons (Fsp3) is 0.119. The largest absolute Gasteiger partial charge is 0.478 e. The van der Waals surface area contributed by atoms with E-state index in [-0.39, 0.29) is 68.0 Å². The van der Waals surface area contributed by atoms with Gasteiger partial charge in [0.25, 0.3) is 23.6 Å². The van der Waals surface area contributed by atoms with Crippen LogP contribution in [0, 0.1) is 5.82 Å². The molecule has 4 aromatic carbocycles. The number of hydrogen-bond acceptors (Lipinski definition) is 23. The third-order valence-corrected chi connectivity index (χ3v) is 16.2. The van der Waals surface area contributed by atoms with Gasteiger partial charge in [-0.15, -0.1) is 0 Å². The van der Waals surface area contributed by atoms with Gasteiger partial charge in [0, 0.05) is 130 Å². The van der Waals surface area contributed by atoms with Crippen LogP contribution in [-0.2, 0) is 11.8 Å². The van der Waals surface area contributed by atoms with Gasteiger partial charge in [-0.1, -0.05) is 60.7 Å². The van der Waals surface area contributed by atoms with Gasteiger partial charge in [0.2, 0.25) is 0 Å². The highest BCUT2D eigenvalue weighted by Gasteiger charge is 2.23. The quantitative estimate of drug-likeness (QED) is 0.0213. The predicted molar refractivity (Wildman–Crippen MR) is 462 cm³/mol. The standard InChI is InChI=1S/C22H24N6O4.2C21H20N6O4.C20H19FN6O2/c1-4-23-22(31)27-19-11-17(25-14-8-6-5-7-9-14)16(12-24-19)20(29)26-15-10-18(21(30)32-3)28(2)13-15;1-2-23-21(31)27-18-10-17(25-14-6-3-5-13(9-14)20(29)30)16(12-24-18)19(28)26-15-7-4-8-22-11-15;1-2-23-21(31)27-18-9-17(25-14-6-4-3-5-7-14)16(12-24-18)19(28)26-15-8-13(20(29)30)10-22-11-15;1-2-23-20(29)27-18-9-17(25-14-6-4-3-5-7-14)16(12-24-18)19(28)26-15-8-13(21)10-22-11-15/h5-13H,4H2,1-3H3,(H,26,29)(H3,23,24,25,27,31);2*3-12H,2H2,1H3,(H,26,28)(H,29,30)(H3,23,24,25,27,31);3-12H,2H2,1H3,(H,26,28)(H3,23,24,25,27,29). The molecule has 0 radical (unpaired) electrons. The van der Waals surface area contributed by atoms with Crippen LogP contribution in [-0.4, -0.2) is 149 Å². The van der Waals surface area contributed by atoms with Gasteiger partial charge in [-0.25, -0.2) is 57.9 Å². The number of methoxy groups -OCH3 is 1. The summed E-state index contributed by atoms with van der Waals surface area (Å²) in [6, 6.07) is 45.6. The lowest BCUT2D eigenvalue weighted by atomic mass is 10.1. The van der Waals surface area contributed by atoms with E-state index in [0.717, 1.165) is 29.3 Å². The summed E-state index contributed by atoms with van der Waals surface area (Å²) in [6.07, 6.45) is 14.9. The monoisotopic (exact) mass is 1670 g/mol. The number of aryl methyl sites for hydroxylation is 1. The van der Waals surface area contributed by atoms with E-state index in [1.807, 2.05) is 91.0 Å². The molecule has 12 aromatic rings. The lowest BCUT2D eigenvalue weighted by molar-refractivity contribution is 0.0587. The number of benzene rings is 4. The zero-order chi connectivity index (χ0) is 88.2. The fourth-order valence-electron chi connectivity index (χ4n) is 10.7. The maximum absolute atomic E-state index is 13.3. The molecule has 8 aromatic heterocycles. The fourth-order valence-corrected chi connectivity index (χ4v) is 10.7. The Kier molecular flexibility index (Phi) is 33.0. The second-order valence-electron chi connectivity index (χ2n) is 25.3. The molecule has 39 heteroatoms. The van der Waals surface area contributed by atoms with Crippen molar-refractivity contribution >= 4 is 157 Å². The van der Waals surface area contributed by atoms with Crippen molar-refractivity contribution in [3.05, 3.63) is 283 Å². The predicted octanol–water partition coefficient (Wildman–Crippen LogP) is 13.7. The van der Waals surface area contributed by atoms with Gasteiger partial charge in [-0.2, -0.15) is 0 Å². The number of pyridine rings is 7. The highest BCUT2D eigenvalue weighted by atomic mass is 19.1. The number of nitrogens with zero attached hydrogens (tertiary/aromatic N) is 8. The third kappa shape index (κ3) is 28.0. The van der Waals surface area contributed by atoms with E-state index in [1.54, 1.807) is 88.1 Å². The van der Waals surface area contributed by atoms with Gasteiger partial charge in [0.1, 0.15) is 34.8 Å². The van der Waals surface area contributed by atoms with Crippen LogP contribution in [0.3, 0.4) is 0 Å². The summed E-state index contributed by atoms with van der Waals surface area (Å²) in [6.45, 7) is 8.98. The molecule has 0 aliphatic heterocycles. The lowest BCUT2D eigenvalue weighted by Gasteiger charge is -2.14. The first-order valence-electron chi connectivity index (χ1n) is 37.3. The molecule has 8 heterocycles. The molecule has 0 saturated carbocycles. The van der Waals surface area contributed by atoms with E-state index in [9.17, 15) is 62.2 Å². The second-order valence-corrected chi connectivity index (χ2v) is 25.3. The number of aromatic nitrogens is 8. The highest BCUT2D eigenvalue weighted by molar-refractivity contribution is 6.12. The molecule has 0 atom stereocenters. The van der Waals surface area contributed by atoms with Crippen LogP contribution in [0.4, 0.5) is 115 Å². The molecule has 38 nitrogen and oxygen atoms in total. The SMILES string of the molecule is CCNC(=O)Nc1cc(Nc2cccc(C(=O)O)c2)c(C(=O)Nc2cccnc2)cn1.CCNC(=O)Nc1cc(Nc2ccccc2)c(C(=O)Nc2cc(C(=O)OC)n(C)c2)cn1.CCNC(=O)Nc1cc(Nc2ccccc2)c(C(=O)Nc2cncc(C(=O)O)c2)cn1.CCNC(=O)Nc1cc(Nc2ccccc2)c(C(=O)Nc2cncc(F)c2)cn1. The van der Waals surface area contributed by atoms with E-state index in [0.29, 0.717) is 71.7 Å². The van der Waals surface area contributed by atoms with Crippen molar-refractivity contribution < 1.29 is 72.1 Å². The number of esters is 1. The number of nitrogens with one attached hydrogen (secondary N) is 16. The van der Waals surface area contributed by atoms with Crippen LogP contribution < -0.4 is 85.1 Å². The number of aromatic carboxylic acids is 2. The summed E-state index contributed by atoms with van der Waals surface area (Å²) in [5.74, 6) is -4.25. The van der Waals surface area contributed by atoms with E-state index >= 15 is 0 Å². The molecule has 123 heavy (non-hydrogen) atoms. The topological polar surface area (TPSA) is 525 Å². The van der Waals surface area contributed by atoms with Crippen molar-refractivity contribution in [1.29, 1.82) is 0 Å². The number of carboxylic acids is 2. The van der Waals surface area contributed by atoms with E-state index in [1.165, 1.54) is 93.1 Å². The Morgan fingerprint density at radius 2 is 0.691 bits per heavy atom. The Bertz CT molecular complexity index is 5740. The Morgan fingerprint density at radius 1 is 0.350 bits per heavy atom. The van der Waals surface area contributed by atoms with E-state index in [2.05, 4.69) is 120 Å². The Morgan fingerprint density at radius 3 is 1.06 bits per heavy atom. The molecule has 0 aliphatic carbocycles. The molecule has 12 rings (SSSR count). The molecule has 630 valence electrons. The number of rotatable bonds is 27. The average molecular weight is 1670 g/mol. The van der Waals surface area contributed by atoms with Crippen molar-refractivity contribution in [2.75, 3.05) is 97.1 Å². The normalized spacial score (nSPS) is 10.1. The second kappa shape index (κ2) is 45.3. The minimum Gasteiger partial charge on any atom is -0.478 e. The number of ether oxygens (including phenoxy) is 1. The molecular weight excluding hydrogens is 1590 g/mol. The molecule has 0 saturated heterocycles. The summed E-state index contributed by atoms with van der Waals surface area (Å²) in [4.78, 5) is 161. The molecular formula is C84H83FN24O14. The van der Waals surface area contributed by atoms with Gasteiger partial charge in [-0.3, -0.25) is 55.4 Å². The summed E-state index contributed by atoms with van der Waals surface area (Å²) in [5, 5.41) is 62.3. The Hall–Kier alpha value is -17.3. The first kappa shape index (κ1) is 89.6. The Labute approximate surface area is 701 Å². The summed E-state index contributed by atoms with van der Waals surface area (Å²) in [5.41, 5.74) is 6.76. The number of hydrogen-bond donors (Lipinski definition) is 18. The maximum Gasteiger partial charge on any atom is 0.354 e. The number of urea groups is 4. The highest BCUT2D eigenvalue weighted by Crippen LogP contribution is 2.30. The third-order valence-electron chi connectivity index (χ3n) is 16.2. The summed E-state index contributed by atoms with van der Waals surface area (Å²) >= 11 is 0. The lowest BCUT2D eigenvalue weighted by Crippen LogP contribution is -2.28. The number of carboxylic acid groups (broad SMARTS) is 2. The first-order chi connectivity index (χ1) is 59.4. The molecule has 0 aliphatic rings. The van der Waals surface area contributed by atoms with Crippen LogP contribution in [0.15, 0.2) is 238 Å². The van der Waals surface area contributed by atoms with Crippen LogP contribution in [0.25, 0.3) is 0 Å². The average Bonchev–Trinajstić information content (AvgIpc) is 1.53. The van der Waals surface area contributed by atoms with Gasteiger partial charge in [0.15, 0.2) is 0 Å². The minimum atomic E-state index is -1.16. The molecule has 0 unspecified atom stereocenters. The zero-order valence-electron chi connectivity index (χ0n) is 66.6. The van der Waals surface area contributed by atoms with Gasteiger partial charge >= 0.3 is 42.0 Å². The molecule has 18 N–H and O–H groups in total. The van der Waals surface area contributed by atoms with Crippen molar-refractivity contribution in [1.82, 2.24) is 60.7 Å². The van der Waals surface area contributed by atoms with Gasteiger partial charge in [-0.05, 0) is 107 Å². The van der Waals surface area contributed by atoms with Crippen molar-refractivity contribution in [3.8, 4) is 0 Å². The number of carbonyl (C=O) groups is 11. The maximum atomic E-state index is 13.3. The van der Waals surface area contributed by atoms with Crippen LogP contribution in [0.5, 0.6) is 0 Å². The number of carbonyl (C=O) groups excluding carboxylic acids is 9. The minimum absolute atomic E-state index is 0.0555. The van der Waals surface area contributed by atoms with Crippen molar-refractivity contribution in [3.63, 3.8) is 0 Å². The molecule has 0 spiro atoms. The number of halogens is 1. The number of anilines is 16.